The van der Waals surface area contributed by atoms with Crippen molar-refractivity contribution in [2.45, 2.75) is 37.8 Å². The maximum absolute atomic E-state index is 12.7. The summed E-state index contributed by atoms with van der Waals surface area (Å²) in [6.45, 7) is 4.85. The molecule has 10 nitrogen and oxygen atoms in total. The molecule has 0 aliphatic carbocycles. The number of aliphatic hydroxyl groups excluding tert-OH is 1. The smallest absolute Gasteiger partial charge is 0.255 e. The molecular weight excluding hydrogens is 550 g/mol. The summed E-state index contributed by atoms with van der Waals surface area (Å²) in [6, 6.07) is 9.40. The van der Waals surface area contributed by atoms with E-state index in [1.54, 1.807) is 45.6 Å². The standard InChI is InChI=1S/C21H19ClN6O2S.C7H17NO/c1-26(2)31-19-6-5-15(8-18(19)22)28-12-14(10-25-28)9-24-21(30)17-4-3-7-27-16(13-29)11-23-20(17)27;1-6(2)4-7(5-9)8-3/h3-8,10-13H,9H2,1-2H3,(H,24,30);6-9H,4-5H2,1-3H3. The minimum absolute atomic E-state index is 0.245. The van der Waals surface area contributed by atoms with Gasteiger partial charge in [-0.3, -0.25) is 18.3 Å². The number of pyridine rings is 1. The molecule has 12 heteroatoms. The predicted molar refractivity (Wildman–Crippen MR) is 159 cm³/mol. The number of rotatable bonds is 11. The summed E-state index contributed by atoms with van der Waals surface area (Å²) < 4.78 is 5.27. The van der Waals surface area contributed by atoms with Gasteiger partial charge in [0.05, 0.1) is 35.3 Å². The van der Waals surface area contributed by atoms with Crippen LogP contribution in [0.5, 0.6) is 0 Å². The largest absolute Gasteiger partial charge is 0.395 e. The van der Waals surface area contributed by atoms with E-state index in [1.165, 1.54) is 6.20 Å². The van der Waals surface area contributed by atoms with Crippen LogP contribution in [0.2, 0.25) is 5.02 Å². The molecule has 0 aliphatic rings. The third kappa shape index (κ3) is 8.39. The molecule has 4 aromatic rings. The molecule has 40 heavy (non-hydrogen) atoms. The van der Waals surface area contributed by atoms with Crippen LogP contribution in [0.1, 0.15) is 46.7 Å². The van der Waals surface area contributed by atoms with Gasteiger partial charge >= 0.3 is 0 Å². The van der Waals surface area contributed by atoms with Gasteiger partial charge in [0.2, 0.25) is 0 Å². The number of fused-ring (bicyclic) bond motifs is 1. The second-order valence-electron chi connectivity index (χ2n) is 9.71. The average molecular weight is 586 g/mol. The summed E-state index contributed by atoms with van der Waals surface area (Å²) >= 11 is 7.93. The van der Waals surface area contributed by atoms with Crippen molar-refractivity contribution in [3.05, 3.63) is 77.0 Å². The summed E-state index contributed by atoms with van der Waals surface area (Å²) in [4.78, 5) is 28.9. The number of halogens is 1. The highest BCUT2D eigenvalue weighted by Crippen LogP contribution is 2.30. The number of likely N-dealkylation sites (N-methyl/N-ethyl adjacent to an activating group) is 1. The highest BCUT2D eigenvalue weighted by molar-refractivity contribution is 7.97. The highest BCUT2D eigenvalue weighted by Gasteiger charge is 2.14. The van der Waals surface area contributed by atoms with Gasteiger partial charge in [0.25, 0.3) is 5.91 Å². The number of nitrogens with zero attached hydrogens (tertiary/aromatic N) is 5. The molecule has 0 aliphatic heterocycles. The number of nitrogens with one attached hydrogen (secondary N) is 2. The maximum atomic E-state index is 12.7. The van der Waals surface area contributed by atoms with E-state index < -0.39 is 0 Å². The third-order valence-electron chi connectivity index (χ3n) is 5.86. The molecular formula is C28H36ClN7O3S. The molecule has 0 saturated heterocycles. The molecule has 214 valence electrons. The van der Waals surface area contributed by atoms with Crippen molar-refractivity contribution in [1.82, 2.24) is 34.1 Å². The Hall–Kier alpha value is -3.22. The van der Waals surface area contributed by atoms with E-state index >= 15 is 0 Å². The van der Waals surface area contributed by atoms with Gasteiger partial charge in [-0.15, -0.1) is 0 Å². The number of aliphatic hydroxyl groups is 1. The van der Waals surface area contributed by atoms with Gasteiger partial charge in [0, 0.05) is 35.4 Å². The summed E-state index contributed by atoms with van der Waals surface area (Å²) in [6.07, 6.45) is 8.42. The number of imidazole rings is 1. The van der Waals surface area contributed by atoms with E-state index in [1.807, 2.05) is 49.8 Å². The van der Waals surface area contributed by atoms with Crippen LogP contribution in [-0.2, 0) is 6.54 Å². The third-order valence-corrected chi connectivity index (χ3v) is 7.21. The van der Waals surface area contributed by atoms with Crippen LogP contribution >= 0.6 is 23.5 Å². The number of hydrogen-bond donors (Lipinski definition) is 3. The summed E-state index contributed by atoms with van der Waals surface area (Å²) in [5.41, 5.74) is 2.88. The predicted octanol–water partition coefficient (Wildman–Crippen LogP) is 4.10. The Kier molecular flexibility index (Phi) is 11.7. The lowest BCUT2D eigenvalue weighted by atomic mass is 10.1. The molecule has 0 fully saturated rings. The van der Waals surface area contributed by atoms with Crippen LogP contribution in [0.4, 0.5) is 0 Å². The number of carbonyl (C=O) groups excluding carboxylic acids is 2. The quantitative estimate of drug-likeness (QED) is 0.178. The first-order valence-corrected chi connectivity index (χ1v) is 14.0. The Morgan fingerprint density at radius 1 is 1.25 bits per heavy atom. The first-order chi connectivity index (χ1) is 19.2. The lowest BCUT2D eigenvalue weighted by Crippen LogP contribution is -2.30. The Balaban J connectivity index is 0.000000424. The van der Waals surface area contributed by atoms with Crippen LogP contribution in [0, 0.1) is 5.92 Å². The molecule has 0 radical (unpaired) electrons. The fourth-order valence-corrected chi connectivity index (χ4v) is 4.87. The minimum atomic E-state index is -0.283. The molecule has 1 atom stereocenters. The van der Waals surface area contributed by atoms with E-state index in [0.29, 0.717) is 40.7 Å². The molecule has 1 amide bonds. The summed E-state index contributed by atoms with van der Waals surface area (Å²) in [7, 11) is 5.79. The monoisotopic (exact) mass is 585 g/mol. The fourth-order valence-electron chi connectivity index (χ4n) is 3.92. The van der Waals surface area contributed by atoms with Gasteiger partial charge in [-0.2, -0.15) is 5.10 Å². The molecule has 1 unspecified atom stereocenters. The van der Waals surface area contributed by atoms with E-state index in [2.05, 4.69) is 34.6 Å². The number of hydrogen-bond acceptors (Lipinski definition) is 8. The zero-order valence-corrected chi connectivity index (χ0v) is 24.9. The summed E-state index contributed by atoms with van der Waals surface area (Å²) in [5, 5.41) is 19.6. The van der Waals surface area contributed by atoms with Crippen LogP contribution in [-0.4, -0.2) is 74.6 Å². The van der Waals surface area contributed by atoms with Crippen molar-refractivity contribution in [3.63, 3.8) is 0 Å². The van der Waals surface area contributed by atoms with Crippen molar-refractivity contribution in [2.75, 3.05) is 27.7 Å². The molecule has 4 rings (SSSR count). The first-order valence-electron chi connectivity index (χ1n) is 12.8. The molecule has 1 aromatic carbocycles. The number of benzene rings is 1. The molecule has 3 aromatic heterocycles. The minimum Gasteiger partial charge on any atom is -0.395 e. The lowest BCUT2D eigenvalue weighted by molar-refractivity contribution is 0.0951. The molecule has 0 spiro atoms. The van der Waals surface area contributed by atoms with Crippen molar-refractivity contribution >= 4 is 41.4 Å². The van der Waals surface area contributed by atoms with Crippen molar-refractivity contribution in [1.29, 1.82) is 0 Å². The molecule has 3 N–H and O–H groups in total. The van der Waals surface area contributed by atoms with Crippen LogP contribution in [0.25, 0.3) is 11.3 Å². The Labute approximate surface area is 243 Å². The van der Waals surface area contributed by atoms with E-state index in [4.69, 9.17) is 16.7 Å². The fraction of sp³-hybridized carbons (Fsp3) is 0.357. The zero-order chi connectivity index (χ0) is 29.2. The van der Waals surface area contributed by atoms with E-state index in [9.17, 15) is 9.59 Å². The SMILES string of the molecule is CN(C)Sc1ccc(-n2cc(CNC(=O)c3cccn4c(C=O)cnc34)cn2)cc1Cl.CNC(CO)CC(C)C. The molecule has 3 heterocycles. The lowest BCUT2D eigenvalue weighted by Gasteiger charge is -2.14. The second kappa shape index (κ2) is 15.0. The first kappa shape index (κ1) is 31.3. The summed E-state index contributed by atoms with van der Waals surface area (Å²) in [5.74, 6) is 0.379. The number of carbonyl (C=O) groups is 2. The topological polar surface area (TPSA) is 117 Å². The van der Waals surface area contributed by atoms with E-state index in [-0.39, 0.29) is 18.6 Å². The van der Waals surface area contributed by atoms with Gasteiger partial charge in [0.15, 0.2) is 6.29 Å². The average Bonchev–Trinajstić information content (AvgIpc) is 3.58. The van der Waals surface area contributed by atoms with E-state index in [0.717, 1.165) is 22.6 Å². The molecule has 0 bridgehead atoms. The van der Waals surface area contributed by atoms with Gasteiger partial charge in [-0.05, 0) is 75.8 Å². The van der Waals surface area contributed by atoms with Crippen molar-refractivity contribution < 1.29 is 14.7 Å². The van der Waals surface area contributed by atoms with Crippen LogP contribution < -0.4 is 10.6 Å². The Morgan fingerprint density at radius 3 is 2.62 bits per heavy atom. The van der Waals surface area contributed by atoms with Gasteiger partial charge in [0.1, 0.15) is 11.3 Å². The molecule has 0 saturated carbocycles. The Morgan fingerprint density at radius 2 is 2.02 bits per heavy atom. The number of aldehydes is 1. The number of aromatic nitrogens is 4. The van der Waals surface area contributed by atoms with Gasteiger partial charge in [-0.25, -0.2) is 9.67 Å². The van der Waals surface area contributed by atoms with Gasteiger partial charge < -0.3 is 15.7 Å². The zero-order valence-electron chi connectivity index (χ0n) is 23.3. The number of amides is 1. The normalized spacial score (nSPS) is 11.9. The Bertz CT molecular complexity index is 1420. The van der Waals surface area contributed by atoms with Crippen molar-refractivity contribution in [3.8, 4) is 5.69 Å². The van der Waals surface area contributed by atoms with Gasteiger partial charge in [-0.1, -0.05) is 25.4 Å². The van der Waals surface area contributed by atoms with Crippen molar-refractivity contribution in [2.24, 2.45) is 5.92 Å². The van der Waals surface area contributed by atoms with Crippen LogP contribution in [0.3, 0.4) is 0 Å². The maximum Gasteiger partial charge on any atom is 0.255 e. The van der Waals surface area contributed by atoms with Crippen LogP contribution in [0.15, 0.2) is 60.0 Å². The highest BCUT2D eigenvalue weighted by atomic mass is 35.5. The second-order valence-corrected chi connectivity index (χ2v) is 11.5.